The van der Waals surface area contributed by atoms with Crippen LogP contribution in [0.3, 0.4) is 0 Å². The average Bonchev–Trinajstić information content (AvgIpc) is 2.66. The average molecular weight is 376 g/mol. The minimum Gasteiger partial charge on any atom is -0.482 e. The first-order chi connectivity index (χ1) is 12.8. The van der Waals surface area contributed by atoms with Crippen molar-refractivity contribution >= 4 is 17.8 Å². The van der Waals surface area contributed by atoms with E-state index >= 15 is 0 Å². The molecular weight excluding hydrogens is 348 g/mol. The minimum atomic E-state index is -0.881. The first kappa shape index (κ1) is 20.7. The molecule has 1 aliphatic rings. The molecule has 1 heterocycles. The highest BCUT2D eigenvalue weighted by Crippen LogP contribution is 2.18. The number of amides is 2. The van der Waals surface area contributed by atoms with Crippen LogP contribution in [0.5, 0.6) is 5.75 Å². The fourth-order valence-electron chi connectivity index (χ4n) is 2.87. The third-order valence-corrected chi connectivity index (χ3v) is 4.60. The number of carbonyl (C=O) groups is 3. The molecule has 7 heteroatoms. The van der Waals surface area contributed by atoms with E-state index in [1.165, 1.54) is 12.5 Å². The van der Waals surface area contributed by atoms with E-state index in [4.69, 9.17) is 9.47 Å². The molecule has 0 aliphatic carbocycles. The molecule has 1 aromatic rings. The van der Waals surface area contributed by atoms with Crippen LogP contribution in [0.1, 0.15) is 39.2 Å². The van der Waals surface area contributed by atoms with Gasteiger partial charge in [-0.25, -0.2) is 4.79 Å². The van der Waals surface area contributed by atoms with Crippen molar-refractivity contribution in [2.24, 2.45) is 0 Å². The fourth-order valence-corrected chi connectivity index (χ4v) is 2.87. The lowest BCUT2D eigenvalue weighted by Crippen LogP contribution is -2.52. The van der Waals surface area contributed by atoms with Gasteiger partial charge in [-0.2, -0.15) is 0 Å². The van der Waals surface area contributed by atoms with Crippen LogP contribution in [0.4, 0.5) is 0 Å². The number of benzene rings is 1. The molecule has 0 aromatic heterocycles. The van der Waals surface area contributed by atoms with Crippen molar-refractivity contribution < 1.29 is 23.9 Å². The molecule has 148 valence electrons. The number of esters is 1. The van der Waals surface area contributed by atoms with Gasteiger partial charge in [-0.1, -0.05) is 26.0 Å². The van der Waals surface area contributed by atoms with Gasteiger partial charge in [0.15, 0.2) is 12.7 Å². The molecule has 7 nitrogen and oxygen atoms in total. The van der Waals surface area contributed by atoms with Gasteiger partial charge in [0, 0.05) is 33.1 Å². The van der Waals surface area contributed by atoms with Crippen LogP contribution in [-0.2, 0) is 19.1 Å². The lowest BCUT2D eigenvalue weighted by Gasteiger charge is -2.35. The Balaban J connectivity index is 1.76. The Morgan fingerprint density at radius 2 is 1.52 bits per heavy atom. The summed E-state index contributed by atoms with van der Waals surface area (Å²) in [4.78, 5) is 39.0. The standard InChI is InChI=1S/C20H28N2O5/c1-14(2)17-5-7-18(8-6-17)26-13-19(24)27-15(3)20(25)22-11-9-21(10-12-22)16(4)23/h5-8,14-15H,9-13H2,1-4H3. The summed E-state index contributed by atoms with van der Waals surface area (Å²) >= 11 is 0. The highest BCUT2D eigenvalue weighted by molar-refractivity contribution is 5.84. The highest BCUT2D eigenvalue weighted by Gasteiger charge is 2.27. The summed E-state index contributed by atoms with van der Waals surface area (Å²) in [6, 6.07) is 7.54. The van der Waals surface area contributed by atoms with Gasteiger partial charge in [-0.3, -0.25) is 9.59 Å². The maximum absolute atomic E-state index is 12.4. The Labute approximate surface area is 160 Å². The zero-order valence-electron chi connectivity index (χ0n) is 16.4. The zero-order valence-corrected chi connectivity index (χ0v) is 16.4. The summed E-state index contributed by atoms with van der Waals surface area (Å²) in [5.41, 5.74) is 1.19. The number of nitrogens with zero attached hydrogens (tertiary/aromatic N) is 2. The molecule has 1 fully saturated rings. The smallest absolute Gasteiger partial charge is 0.344 e. The number of piperazine rings is 1. The molecular formula is C20H28N2O5. The second-order valence-electron chi connectivity index (χ2n) is 6.98. The van der Waals surface area contributed by atoms with Crippen molar-refractivity contribution in [3.8, 4) is 5.75 Å². The quantitative estimate of drug-likeness (QED) is 0.708. The van der Waals surface area contributed by atoms with Crippen LogP contribution >= 0.6 is 0 Å². The largest absolute Gasteiger partial charge is 0.482 e. The van der Waals surface area contributed by atoms with Crippen molar-refractivity contribution in [3.63, 3.8) is 0 Å². The molecule has 0 bridgehead atoms. The Hall–Kier alpha value is -2.57. The van der Waals surface area contributed by atoms with Gasteiger partial charge < -0.3 is 19.3 Å². The number of hydrogen-bond acceptors (Lipinski definition) is 5. The Bertz CT molecular complexity index is 663. The molecule has 1 aliphatic heterocycles. The number of carbonyl (C=O) groups excluding carboxylic acids is 3. The number of hydrogen-bond donors (Lipinski definition) is 0. The number of ether oxygens (including phenoxy) is 2. The van der Waals surface area contributed by atoms with Crippen molar-refractivity contribution in [1.82, 2.24) is 9.80 Å². The first-order valence-electron chi connectivity index (χ1n) is 9.24. The molecule has 1 saturated heterocycles. The van der Waals surface area contributed by atoms with E-state index in [0.29, 0.717) is 37.8 Å². The molecule has 27 heavy (non-hydrogen) atoms. The van der Waals surface area contributed by atoms with Crippen LogP contribution in [0.2, 0.25) is 0 Å². The van der Waals surface area contributed by atoms with E-state index in [2.05, 4.69) is 13.8 Å². The summed E-state index contributed by atoms with van der Waals surface area (Å²) in [5, 5.41) is 0. The highest BCUT2D eigenvalue weighted by atomic mass is 16.6. The SMILES string of the molecule is CC(=O)N1CCN(C(=O)C(C)OC(=O)COc2ccc(C(C)C)cc2)CC1. The predicted molar refractivity (Wildman–Crippen MR) is 100 cm³/mol. The molecule has 0 N–H and O–H groups in total. The third-order valence-electron chi connectivity index (χ3n) is 4.60. The Morgan fingerprint density at radius 3 is 2.04 bits per heavy atom. The van der Waals surface area contributed by atoms with Gasteiger partial charge in [0.05, 0.1) is 0 Å². The van der Waals surface area contributed by atoms with Gasteiger partial charge in [0.2, 0.25) is 5.91 Å². The topological polar surface area (TPSA) is 76.2 Å². The lowest BCUT2D eigenvalue weighted by molar-refractivity contribution is -0.161. The summed E-state index contributed by atoms with van der Waals surface area (Å²) in [6.45, 7) is 8.90. The lowest BCUT2D eigenvalue weighted by atomic mass is 10.0. The second-order valence-corrected chi connectivity index (χ2v) is 6.98. The van der Waals surface area contributed by atoms with Crippen LogP contribution in [0, 0.1) is 0 Å². The number of rotatable bonds is 6. The normalized spacial score (nSPS) is 15.4. The molecule has 1 atom stereocenters. The summed E-state index contributed by atoms with van der Waals surface area (Å²) < 4.78 is 10.6. The molecule has 2 rings (SSSR count). The van der Waals surface area contributed by atoms with Gasteiger partial charge in [0.25, 0.3) is 5.91 Å². The van der Waals surface area contributed by atoms with Crippen LogP contribution in [0.25, 0.3) is 0 Å². The molecule has 0 saturated carbocycles. The van der Waals surface area contributed by atoms with Crippen molar-refractivity contribution in [3.05, 3.63) is 29.8 Å². The van der Waals surface area contributed by atoms with E-state index in [0.717, 1.165) is 0 Å². The van der Waals surface area contributed by atoms with Gasteiger partial charge in [0.1, 0.15) is 5.75 Å². The molecule has 0 radical (unpaired) electrons. The summed E-state index contributed by atoms with van der Waals surface area (Å²) in [6.07, 6.45) is -0.881. The van der Waals surface area contributed by atoms with E-state index in [1.807, 2.05) is 24.3 Å². The van der Waals surface area contributed by atoms with E-state index in [1.54, 1.807) is 16.7 Å². The Kier molecular flexibility index (Phi) is 7.21. The Morgan fingerprint density at radius 1 is 0.963 bits per heavy atom. The molecule has 0 spiro atoms. The fraction of sp³-hybridized carbons (Fsp3) is 0.550. The molecule has 1 unspecified atom stereocenters. The maximum atomic E-state index is 12.4. The van der Waals surface area contributed by atoms with Crippen molar-refractivity contribution in [2.75, 3.05) is 32.8 Å². The molecule has 1 aromatic carbocycles. The van der Waals surface area contributed by atoms with Gasteiger partial charge >= 0.3 is 5.97 Å². The maximum Gasteiger partial charge on any atom is 0.344 e. The first-order valence-corrected chi connectivity index (χ1v) is 9.24. The van der Waals surface area contributed by atoms with Gasteiger partial charge in [-0.05, 0) is 30.5 Å². The summed E-state index contributed by atoms with van der Waals surface area (Å²) in [5.74, 6) is 0.156. The van der Waals surface area contributed by atoms with E-state index < -0.39 is 12.1 Å². The van der Waals surface area contributed by atoms with Crippen molar-refractivity contribution in [1.29, 1.82) is 0 Å². The third kappa shape index (κ3) is 5.98. The zero-order chi connectivity index (χ0) is 20.0. The van der Waals surface area contributed by atoms with Crippen LogP contribution < -0.4 is 4.74 Å². The monoisotopic (exact) mass is 376 g/mol. The predicted octanol–water partition coefficient (Wildman–Crippen LogP) is 1.81. The minimum absolute atomic E-state index is 0.000140. The van der Waals surface area contributed by atoms with Crippen molar-refractivity contribution in [2.45, 2.75) is 39.7 Å². The van der Waals surface area contributed by atoms with Crippen LogP contribution in [0.15, 0.2) is 24.3 Å². The van der Waals surface area contributed by atoms with E-state index in [9.17, 15) is 14.4 Å². The summed E-state index contributed by atoms with van der Waals surface area (Å²) in [7, 11) is 0. The van der Waals surface area contributed by atoms with Crippen LogP contribution in [-0.4, -0.2) is 66.5 Å². The second kappa shape index (κ2) is 9.39. The molecule has 2 amide bonds. The van der Waals surface area contributed by atoms with E-state index in [-0.39, 0.29) is 18.4 Å². The van der Waals surface area contributed by atoms with Gasteiger partial charge in [-0.15, -0.1) is 0 Å².